The molecule has 1 amide bonds. The number of hydrogen-bond donors (Lipinski definition) is 1. The molecule has 1 saturated carbocycles. The van der Waals surface area contributed by atoms with Gasteiger partial charge >= 0.3 is 6.09 Å². The van der Waals surface area contributed by atoms with E-state index in [2.05, 4.69) is 11.6 Å². The van der Waals surface area contributed by atoms with Crippen molar-refractivity contribution in [3.8, 4) is 0 Å². The number of hydrogen-bond acceptors (Lipinski definition) is 4. The van der Waals surface area contributed by atoms with E-state index in [9.17, 15) is 4.79 Å². The van der Waals surface area contributed by atoms with Gasteiger partial charge in [0.2, 0.25) is 0 Å². The summed E-state index contributed by atoms with van der Waals surface area (Å²) in [5.74, 6) is 0. The molecule has 1 heterocycles. The summed E-state index contributed by atoms with van der Waals surface area (Å²) in [7, 11) is 0. The van der Waals surface area contributed by atoms with Crippen LogP contribution < -0.4 is 5.32 Å². The van der Waals surface area contributed by atoms with Crippen LogP contribution in [0.2, 0.25) is 0 Å². The number of carbonyl (C=O) groups is 1. The number of amides is 1. The van der Waals surface area contributed by atoms with Gasteiger partial charge in [-0.15, -0.1) is 0 Å². The number of piperidine rings is 1. The highest BCUT2D eigenvalue weighted by Gasteiger charge is 2.33. The quantitative estimate of drug-likeness (QED) is 0.848. The first-order valence-corrected chi connectivity index (χ1v) is 9.12. The lowest BCUT2D eigenvalue weighted by Crippen LogP contribution is -2.48. The zero-order valence-electron chi connectivity index (χ0n) is 12.8. The zero-order valence-corrected chi connectivity index (χ0v) is 13.6. The molecular weight excluding hydrogens is 272 g/mol. The molecule has 2 fully saturated rings. The summed E-state index contributed by atoms with van der Waals surface area (Å²) in [6.07, 6.45) is 9.64. The van der Waals surface area contributed by atoms with Gasteiger partial charge in [0.1, 0.15) is 0 Å². The van der Waals surface area contributed by atoms with E-state index in [1.807, 2.05) is 23.6 Å². The Balaban J connectivity index is 1.70. The smallest absolute Gasteiger partial charge is 0.409 e. The van der Waals surface area contributed by atoms with Crippen LogP contribution in [-0.2, 0) is 4.74 Å². The molecule has 1 aliphatic heterocycles. The monoisotopic (exact) mass is 300 g/mol. The topological polar surface area (TPSA) is 41.6 Å². The molecule has 0 spiro atoms. The highest BCUT2D eigenvalue weighted by molar-refractivity contribution is 8.00. The molecule has 0 radical (unpaired) electrons. The van der Waals surface area contributed by atoms with E-state index in [4.69, 9.17) is 4.74 Å². The molecule has 0 aromatic carbocycles. The number of nitrogens with one attached hydrogen (secondary N) is 1. The first-order chi connectivity index (χ1) is 9.69. The number of carbonyl (C=O) groups excluding carboxylic acids is 1. The molecule has 0 aromatic rings. The largest absolute Gasteiger partial charge is 0.450 e. The van der Waals surface area contributed by atoms with Crippen molar-refractivity contribution >= 4 is 17.9 Å². The van der Waals surface area contributed by atoms with Crippen LogP contribution in [0.5, 0.6) is 0 Å². The molecule has 116 valence electrons. The molecule has 5 heteroatoms. The molecule has 0 atom stereocenters. The van der Waals surface area contributed by atoms with Gasteiger partial charge < -0.3 is 15.0 Å². The summed E-state index contributed by atoms with van der Waals surface area (Å²) >= 11 is 2.03. The Hall–Kier alpha value is -0.420. The summed E-state index contributed by atoms with van der Waals surface area (Å²) < 4.78 is 5.53. The highest BCUT2D eigenvalue weighted by atomic mass is 32.2. The van der Waals surface area contributed by atoms with Gasteiger partial charge in [-0.25, -0.2) is 4.79 Å². The standard InChI is InChI=1S/C15H28N2O2S/c1-3-19-14(18)17-10-6-13(7-11-17)16-12-15(20-2)8-4-5-9-15/h13,16H,3-12H2,1-2H3. The maximum atomic E-state index is 11.6. The third-order valence-corrected chi connectivity index (χ3v) is 6.10. The highest BCUT2D eigenvalue weighted by Crippen LogP contribution is 2.39. The van der Waals surface area contributed by atoms with Gasteiger partial charge in [-0.1, -0.05) is 12.8 Å². The molecule has 4 nitrogen and oxygen atoms in total. The second-order valence-electron chi connectivity index (χ2n) is 5.94. The number of nitrogens with zero attached hydrogens (tertiary/aromatic N) is 1. The van der Waals surface area contributed by atoms with E-state index >= 15 is 0 Å². The summed E-state index contributed by atoms with van der Waals surface area (Å²) in [4.78, 5) is 13.5. The Bertz CT molecular complexity index is 311. The fraction of sp³-hybridized carbons (Fsp3) is 0.933. The maximum Gasteiger partial charge on any atom is 0.409 e. The number of ether oxygens (including phenoxy) is 1. The fourth-order valence-electron chi connectivity index (χ4n) is 3.28. The molecule has 2 rings (SSSR count). The van der Waals surface area contributed by atoms with Gasteiger partial charge in [0.05, 0.1) is 6.61 Å². The van der Waals surface area contributed by atoms with Crippen LogP contribution in [0.25, 0.3) is 0 Å². The van der Waals surface area contributed by atoms with Gasteiger partial charge in [-0.2, -0.15) is 11.8 Å². The molecule has 1 aliphatic carbocycles. The number of likely N-dealkylation sites (tertiary alicyclic amines) is 1. The van der Waals surface area contributed by atoms with Crippen molar-refractivity contribution in [3.05, 3.63) is 0 Å². The summed E-state index contributed by atoms with van der Waals surface area (Å²) in [6, 6.07) is 0.560. The lowest BCUT2D eigenvalue weighted by molar-refractivity contribution is 0.0949. The van der Waals surface area contributed by atoms with Crippen molar-refractivity contribution in [2.75, 3.05) is 32.5 Å². The van der Waals surface area contributed by atoms with Gasteiger partial charge in [0, 0.05) is 30.4 Å². The lowest BCUT2D eigenvalue weighted by Gasteiger charge is -2.35. The first kappa shape index (κ1) is 16.0. The Labute approximate surface area is 127 Å². The van der Waals surface area contributed by atoms with Crippen LogP contribution in [0.3, 0.4) is 0 Å². The van der Waals surface area contributed by atoms with Gasteiger partial charge in [0.25, 0.3) is 0 Å². The predicted molar refractivity (Wildman–Crippen MR) is 84.3 cm³/mol. The Kier molecular flexibility index (Phi) is 6.02. The van der Waals surface area contributed by atoms with Gasteiger partial charge in [-0.05, 0) is 38.9 Å². The SMILES string of the molecule is CCOC(=O)N1CCC(NCC2(SC)CCCC2)CC1. The van der Waals surface area contributed by atoms with E-state index in [0.717, 1.165) is 32.5 Å². The van der Waals surface area contributed by atoms with Crippen molar-refractivity contribution in [2.24, 2.45) is 0 Å². The fourth-order valence-corrected chi connectivity index (χ4v) is 4.21. The molecule has 0 bridgehead atoms. The van der Waals surface area contributed by atoms with E-state index < -0.39 is 0 Å². The van der Waals surface area contributed by atoms with Crippen molar-refractivity contribution in [1.29, 1.82) is 0 Å². The third kappa shape index (κ3) is 4.04. The minimum atomic E-state index is -0.151. The molecule has 20 heavy (non-hydrogen) atoms. The third-order valence-electron chi connectivity index (χ3n) is 4.68. The average Bonchev–Trinajstić information content (AvgIpc) is 2.95. The van der Waals surface area contributed by atoms with Crippen LogP contribution in [0.15, 0.2) is 0 Å². The van der Waals surface area contributed by atoms with E-state index in [1.54, 1.807) is 0 Å². The molecule has 1 saturated heterocycles. The molecule has 0 unspecified atom stereocenters. The van der Waals surface area contributed by atoms with Crippen molar-refractivity contribution in [2.45, 2.75) is 56.2 Å². The van der Waals surface area contributed by atoms with Crippen molar-refractivity contribution < 1.29 is 9.53 Å². The Morgan fingerprint density at radius 1 is 1.35 bits per heavy atom. The Morgan fingerprint density at radius 2 is 2.00 bits per heavy atom. The van der Waals surface area contributed by atoms with E-state index in [-0.39, 0.29) is 6.09 Å². The molecule has 0 aromatic heterocycles. The second kappa shape index (κ2) is 7.55. The lowest BCUT2D eigenvalue weighted by atomic mass is 10.0. The van der Waals surface area contributed by atoms with E-state index in [1.165, 1.54) is 25.7 Å². The van der Waals surface area contributed by atoms with Crippen molar-refractivity contribution in [3.63, 3.8) is 0 Å². The molecule has 1 N–H and O–H groups in total. The minimum Gasteiger partial charge on any atom is -0.450 e. The maximum absolute atomic E-state index is 11.6. The zero-order chi connectivity index (χ0) is 14.4. The average molecular weight is 300 g/mol. The summed E-state index contributed by atoms with van der Waals surface area (Å²) in [5.41, 5.74) is 0. The normalized spacial score (nSPS) is 23.0. The second-order valence-corrected chi connectivity index (χ2v) is 7.21. The van der Waals surface area contributed by atoms with Gasteiger partial charge in [-0.3, -0.25) is 0 Å². The summed E-state index contributed by atoms with van der Waals surface area (Å²) in [6.45, 7) is 5.09. The van der Waals surface area contributed by atoms with Crippen LogP contribution >= 0.6 is 11.8 Å². The Morgan fingerprint density at radius 3 is 2.55 bits per heavy atom. The van der Waals surface area contributed by atoms with Crippen LogP contribution in [0, 0.1) is 0 Å². The van der Waals surface area contributed by atoms with Gasteiger partial charge in [0.15, 0.2) is 0 Å². The van der Waals surface area contributed by atoms with Crippen LogP contribution in [-0.4, -0.2) is 54.3 Å². The predicted octanol–water partition coefficient (Wildman–Crippen LogP) is 2.87. The van der Waals surface area contributed by atoms with Crippen LogP contribution in [0.4, 0.5) is 4.79 Å². The van der Waals surface area contributed by atoms with Crippen LogP contribution in [0.1, 0.15) is 45.4 Å². The number of thioether (sulfide) groups is 1. The molecule has 2 aliphatic rings. The molecular formula is C15H28N2O2S. The summed E-state index contributed by atoms with van der Waals surface area (Å²) in [5, 5.41) is 3.75. The van der Waals surface area contributed by atoms with E-state index in [0.29, 0.717) is 17.4 Å². The van der Waals surface area contributed by atoms with Crippen molar-refractivity contribution in [1.82, 2.24) is 10.2 Å². The minimum absolute atomic E-state index is 0.151. The first-order valence-electron chi connectivity index (χ1n) is 7.89. The number of rotatable bonds is 5.